The first-order valence-corrected chi connectivity index (χ1v) is 15.9. The Morgan fingerprint density at radius 2 is 0.675 bits per heavy atom. The van der Waals surface area contributed by atoms with E-state index in [1.165, 1.54) is 51.4 Å². The van der Waals surface area contributed by atoms with Gasteiger partial charge in [0.25, 0.3) is 0 Å². The van der Waals surface area contributed by atoms with Gasteiger partial charge in [0.05, 0.1) is 0 Å². The fourth-order valence-corrected chi connectivity index (χ4v) is 3.76. The number of hydrogen-bond donors (Lipinski definition) is 2. The zero-order chi connectivity index (χ0) is 29.8. The third kappa shape index (κ3) is 42.5. The van der Waals surface area contributed by atoms with Gasteiger partial charge in [0.2, 0.25) is 0 Å². The molecule has 228 valence electrons. The Morgan fingerprint density at radius 1 is 0.400 bits per heavy atom. The van der Waals surface area contributed by atoms with Crippen LogP contribution in [0.1, 0.15) is 142 Å². The second kappa shape index (κ2) is 36.4. The highest BCUT2D eigenvalue weighted by Gasteiger charge is 1.96. The predicted octanol–water partition coefficient (Wildman–Crippen LogP) is 11.3. The third-order valence-corrected chi connectivity index (χ3v) is 6.18. The van der Waals surface area contributed by atoms with E-state index in [9.17, 15) is 9.59 Å². The predicted molar refractivity (Wildman–Crippen MR) is 174 cm³/mol. The lowest BCUT2D eigenvalue weighted by molar-refractivity contribution is -0.138. The molecule has 0 heterocycles. The van der Waals surface area contributed by atoms with Crippen LogP contribution in [0, 0.1) is 0 Å². The van der Waals surface area contributed by atoms with Crippen LogP contribution >= 0.6 is 0 Å². The molecule has 0 aliphatic heterocycles. The summed E-state index contributed by atoms with van der Waals surface area (Å²) < 4.78 is 0. The first-order valence-electron chi connectivity index (χ1n) is 15.9. The molecule has 0 atom stereocenters. The number of carboxylic acid groups (broad SMARTS) is 2. The molecule has 0 spiro atoms. The lowest BCUT2D eigenvalue weighted by atomic mass is 10.1. The molecular formula is C36H60O4. The van der Waals surface area contributed by atoms with Crippen molar-refractivity contribution in [3.8, 4) is 0 Å². The summed E-state index contributed by atoms with van der Waals surface area (Å²) in [6.45, 7) is 4.45. The summed E-state index contributed by atoms with van der Waals surface area (Å²) in [4.78, 5) is 20.6. The molecule has 0 aliphatic rings. The van der Waals surface area contributed by atoms with Crippen molar-refractivity contribution < 1.29 is 19.8 Å². The maximum absolute atomic E-state index is 10.3. The van der Waals surface area contributed by atoms with Crippen molar-refractivity contribution in [1.82, 2.24) is 0 Å². The Morgan fingerprint density at radius 3 is 0.950 bits per heavy atom. The van der Waals surface area contributed by atoms with Crippen LogP contribution in [0.25, 0.3) is 0 Å². The molecule has 0 rings (SSSR count). The Balaban J connectivity index is 0. The quantitative estimate of drug-likeness (QED) is 0.0820. The van der Waals surface area contributed by atoms with E-state index in [0.29, 0.717) is 12.8 Å². The fourth-order valence-electron chi connectivity index (χ4n) is 3.76. The second-order valence-corrected chi connectivity index (χ2v) is 10.2. The van der Waals surface area contributed by atoms with Gasteiger partial charge < -0.3 is 10.2 Å². The van der Waals surface area contributed by atoms with Crippen LogP contribution in [-0.4, -0.2) is 22.2 Å². The molecule has 0 saturated carbocycles. The summed E-state index contributed by atoms with van der Waals surface area (Å²) in [7, 11) is 0. The zero-order valence-corrected chi connectivity index (χ0v) is 25.8. The van der Waals surface area contributed by atoms with Crippen molar-refractivity contribution in [2.45, 2.75) is 142 Å². The Kier molecular flexibility index (Phi) is 35.9. The summed E-state index contributed by atoms with van der Waals surface area (Å²) >= 11 is 0. The van der Waals surface area contributed by atoms with E-state index in [1.54, 1.807) is 0 Å². The Labute approximate surface area is 246 Å². The average Bonchev–Trinajstić information content (AvgIpc) is 2.93. The van der Waals surface area contributed by atoms with Gasteiger partial charge in [-0.3, -0.25) is 9.59 Å². The van der Waals surface area contributed by atoms with Crippen LogP contribution in [0.4, 0.5) is 0 Å². The summed E-state index contributed by atoms with van der Waals surface area (Å²) in [5.74, 6) is -1.37. The van der Waals surface area contributed by atoms with Crippen molar-refractivity contribution in [2.24, 2.45) is 0 Å². The van der Waals surface area contributed by atoms with Crippen LogP contribution in [0.15, 0.2) is 72.9 Å². The number of unbranched alkanes of at least 4 members (excludes halogenated alkanes) is 14. The lowest BCUT2D eigenvalue weighted by Crippen LogP contribution is -1.93. The van der Waals surface area contributed by atoms with E-state index in [-0.39, 0.29) is 0 Å². The lowest BCUT2D eigenvalue weighted by Gasteiger charge is -1.96. The molecule has 0 aromatic rings. The van der Waals surface area contributed by atoms with E-state index in [2.05, 4.69) is 86.8 Å². The molecule has 0 aromatic carbocycles. The standard InChI is InChI=1S/2C18H30O2/c2*1-2-3-4-5-6-7-8-9-10-11-12-13-14-15-16-17-18(19)20/h2*6-11H,2-5,12-17H2,1H3,(H,19,20)/b2*7-6-,9-8+,11-10+. The van der Waals surface area contributed by atoms with Gasteiger partial charge in [-0.2, -0.15) is 0 Å². The molecule has 2 N–H and O–H groups in total. The first-order chi connectivity index (χ1) is 19.5. The van der Waals surface area contributed by atoms with Crippen LogP contribution in [0.5, 0.6) is 0 Å². The number of allylic oxidation sites excluding steroid dienone is 12. The maximum atomic E-state index is 10.3. The van der Waals surface area contributed by atoms with Crippen molar-refractivity contribution >= 4 is 11.9 Å². The van der Waals surface area contributed by atoms with Gasteiger partial charge in [0.1, 0.15) is 0 Å². The van der Waals surface area contributed by atoms with Gasteiger partial charge >= 0.3 is 11.9 Å². The molecule has 0 amide bonds. The van der Waals surface area contributed by atoms with E-state index in [0.717, 1.165) is 64.2 Å². The molecule has 4 nitrogen and oxygen atoms in total. The van der Waals surface area contributed by atoms with Crippen LogP contribution < -0.4 is 0 Å². The summed E-state index contributed by atoms with van der Waals surface area (Å²) in [6, 6.07) is 0. The molecule has 0 aromatic heterocycles. The van der Waals surface area contributed by atoms with Crippen LogP contribution in [-0.2, 0) is 9.59 Å². The SMILES string of the molecule is CCCCC\C=C/C=C/C=C/CCCCCCC(=O)O.CCCCC\C=C/C=C/C=C/CCCCCCC(=O)O. The number of carboxylic acids is 2. The largest absolute Gasteiger partial charge is 0.481 e. The summed E-state index contributed by atoms with van der Waals surface area (Å²) in [6.07, 6.45) is 46.6. The van der Waals surface area contributed by atoms with Crippen molar-refractivity contribution in [2.75, 3.05) is 0 Å². The number of carbonyl (C=O) groups is 2. The maximum Gasteiger partial charge on any atom is 0.303 e. The molecule has 4 heteroatoms. The van der Waals surface area contributed by atoms with E-state index in [1.807, 2.05) is 0 Å². The van der Waals surface area contributed by atoms with Crippen molar-refractivity contribution in [3.63, 3.8) is 0 Å². The first kappa shape index (κ1) is 39.5. The Bertz CT molecular complexity index is 663. The highest BCUT2D eigenvalue weighted by atomic mass is 16.4. The molecule has 0 unspecified atom stereocenters. The van der Waals surface area contributed by atoms with E-state index >= 15 is 0 Å². The molecule has 0 radical (unpaired) electrons. The topological polar surface area (TPSA) is 74.6 Å². The molecule has 40 heavy (non-hydrogen) atoms. The number of aliphatic carboxylic acids is 2. The monoisotopic (exact) mass is 556 g/mol. The zero-order valence-electron chi connectivity index (χ0n) is 25.8. The van der Waals surface area contributed by atoms with Gasteiger partial charge in [-0.25, -0.2) is 0 Å². The highest BCUT2D eigenvalue weighted by Crippen LogP contribution is 2.07. The Hall–Kier alpha value is -2.62. The van der Waals surface area contributed by atoms with Crippen molar-refractivity contribution in [1.29, 1.82) is 0 Å². The van der Waals surface area contributed by atoms with Gasteiger partial charge in [0, 0.05) is 12.8 Å². The van der Waals surface area contributed by atoms with E-state index < -0.39 is 11.9 Å². The fraction of sp³-hybridized carbons (Fsp3) is 0.611. The van der Waals surface area contributed by atoms with Gasteiger partial charge in [-0.15, -0.1) is 0 Å². The van der Waals surface area contributed by atoms with Crippen LogP contribution in [0.2, 0.25) is 0 Å². The summed E-state index contributed by atoms with van der Waals surface area (Å²) in [5.41, 5.74) is 0. The second-order valence-electron chi connectivity index (χ2n) is 10.2. The smallest absolute Gasteiger partial charge is 0.303 e. The molecule has 0 fully saturated rings. The van der Waals surface area contributed by atoms with Gasteiger partial charge in [-0.1, -0.05) is 138 Å². The molecular weight excluding hydrogens is 496 g/mol. The van der Waals surface area contributed by atoms with E-state index in [4.69, 9.17) is 10.2 Å². The minimum atomic E-state index is -0.683. The average molecular weight is 557 g/mol. The highest BCUT2D eigenvalue weighted by molar-refractivity contribution is 5.66. The van der Waals surface area contributed by atoms with Crippen LogP contribution in [0.3, 0.4) is 0 Å². The molecule has 0 aliphatic carbocycles. The number of hydrogen-bond acceptors (Lipinski definition) is 2. The van der Waals surface area contributed by atoms with Crippen molar-refractivity contribution in [3.05, 3.63) is 72.9 Å². The number of rotatable bonds is 26. The van der Waals surface area contributed by atoms with Gasteiger partial charge in [-0.05, 0) is 64.2 Å². The normalized spacial score (nSPS) is 12.1. The third-order valence-electron chi connectivity index (χ3n) is 6.18. The molecule has 0 bridgehead atoms. The minimum absolute atomic E-state index is 0.309. The molecule has 0 saturated heterocycles. The summed E-state index contributed by atoms with van der Waals surface area (Å²) in [5, 5.41) is 17.0. The minimum Gasteiger partial charge on any atom is -0.481 e. The van der Waals surface area contributed by atoms with Gasteiger partial charge in [0.15, 0.2) is 0 Å².